The van der Waals surface area contributed by atoms with E-state index in [-0.39, 0.29) is 29.8 Å². The lowest BCUT2D eigenvalue weighted by Gasteiger charge is -2.11. The maximum Gasteiger partial charge on any atom is 0.337 e. The fourth-order valence-electron chi connectivity index (χ4n) is 1.72. The summed E-state index contributed by atoms with van der Waals surface area (Å²) < 4.78 is 0. The summed E-state index contributed by atoms with van der Waals surface area (Å²) in [6.07, 6.45) is 1.22. The molecule has 0 aromatic carbocycles. The Balaban J connectivity index is 2.26. The van der Waals surface area contributed by atoms with E-state index in [9.17, 15) is 19.7 Å². The molecule has 1 unspecified atom stereocenters. The van der Waals surface area contributed by atoms with E-state index in [0.29, 0.717) is 6.54 Å². The maximum absolute atomic E-state index is 11.0. The Morgan fingerprint density at radius 2 is 2.37 bits per heavy atom. The summed E-state index contributed by atoms with van der Waals surface area (Å²) in [7, 11) is 0. The number of aromatic carboxylic acids is 1. The minimum Gasteiger partial charge on any atom is -0.478 e. The lowest BCUT2D eigenvalue weighted by Crippen LogP contribution is -2.23. The second-order valence-electron chi connectivity index (χ2n) is 4.00. The summed E-state index contributed by atoms with van der Waals surface area (Å²) in [4.78, 5) is 35.7. The van der Waals surface area contributed by atoms with Crippen LogP contribution in [0, 0.1) is 10.1 Å². The lowest BCUT2D eigenvalue weighted by atomic mass is 10.2. The summed E-state index contributed by atoms with van der Waals surface area (Å²) >= 11 is 0. The van der Waals surface area contributed by atoms with Gasteiger partial charge < -0.3 is 15.7 Å². The Morgan fingerprint density at radius 1 is 1.63 bits per heavy atom. The summed E-state index contributed by atoms with van der Waals surface area (Å²) in [5, 5.41) is 25.0. The number of nitro groups is 1. The highest BCUT2D eigenvalue weighted by atomic mass is 16.6. The van der Waals surface area contributed by atoms with E-state index in [1.165, 1.54) is 0 Å². The van der Waals surface area contributed by atoms with Crippen molar-refractivity contribution in [1.29, 1.82) is 0 Å². The van der Waals surface area contributed by atoms with Crippen LogP contribution in [0.5, 0.6) is 0 Å². The van der Waals surface area contributed by atoms with Gasteiger partial charge in [0.25, 0.3) is 0 Å². The zero-order chi connectivity index (χ0) is 14.0. The number of amides is 1. The van der Waals surface area contributed by atoms with Gasteiger partial charge in [-0.15, -0.1) is 0 Å². The van der Waals surface area contributed by atoms with Gasteiger partial charge in [-0.1, -0.05) is 0 Å². The molecular formula is C10H10N4O5. The Bertz CT molecular complexity index is 559. The molecule has 3 N–H and O–H groups in total. The number of carboxylic acid groups (broad SMARTS) is 1. The number of carboxylic acids is 1. The van der Waals surface area contributed by atoms with Gasteiger partial charge in [-0.3, -0.25) is 14.9 Å². The predicted molar refractivity (Wildman–Crippen MR) is 62.9 cm³/mol. The second-order valence-corrected chi connectivity index (χ2v) is 4.00. The van der Waals surface area contributed by atoms with E-state index >= 15 is 0 Å². The molecule has 9 nitrogen and oxygen atoms in total. The first-order valence-corrected chi connectivity index (χ1v) is 5.38. The van der Waals surface area contributed by atoms with Gasteiger partial charge in [0.1, 0.15) is 0 Å². The molecule has 0 radical (unpaired) electrons. The van der Waals surface area contributed by atoms with Crippen molar-refractivity contribution in [2.75, 3.05) is 11.9 Å². The SMILES string of the molecule is O=C1CC(Nc2ncc(C(=O)O)cc2[N+](=O)[O-])CN1. The van der Waals surface area contributed by atoms with Crippen LogP contribution in [0.3, 0.4) is 0 Å². The molecule has 1 aliphatic rings. The lowest BCUT2D eigenvalue weighted by molar-refractivity contribution is -0.384. The predicted octanol–water partition coefficient (Wildman–Crippen LogP) is -0.0116. The first-order valence-electron chi connectivity index (χ1n) is 5.38. The minimum atomic E-state index is -1.29. The second kappa shape index (κ2) is 4.88. The molecule has 2 heterocycles. The van der Waals surface area contributed by atoms with Crippen molar-refractivity contribution in [2.45, 2.75) is 12.5 Å². The quantitative estimate of drug-likeness (QED) is 0.515. The molecule has 1 fully saturated rings. The minimum absolute atomic E-state index is 0.0449. The van der Waals surface area contributed by atoms with E-state index in [0.717, 1.165) is 12.3 Å². The van der Waals surface area contributed by atoms with Gasteiger partial charge in [0.15, 0.2) is 0 Å². The zero-order valence-corrected chi connectivity index (χ0v) is 9.62. The Morgan fingerprint density at radius 3 is 2.89 bits per heavy atom. The van der Waals surface area contributed by atoms with Gasteiger partial charge in [-0.05, 0) is 0 Å². The molecule has 2 rings (SSSR count). The number of nitrogens with one attached hydrogen (secondary N) is 2. The molecule has 100 valence electrons. The van der Waals surface area contributed by atoms with Crippen LogP contribution in [0.2, 0.25) is 0 Å². The molecule has 0 saturated carbocycles. The van der Waals surface area contributed by atoms with Gasteiger partial charge in [0, 0.05) is 25.2 Å². The number of hydrogen-bond acceptors (Lipinski definition) is 6. The summed E-state index contributed by atoms with van der Waals surface area (Å²) in [6, 6.07) is 0.636. The Labute approximate surface area is 106 Å². The third-order valence-corrected chi connectivity index (χ3v) is 2.63. The molecule has 1 aromatic heterocycles. The third-order valence-electron chi connectivity index (χ3n) is 2.63. The highest BCUT2D eigenvalue weighted by molar-refractivity contribution is 5.89. The van der Waals surface area contributed by atoms with Gasteiger partial charge >= 0.3 is 11.7 Å². The van der Waals surface area contributed by atoms with Crippen LogP contribution in [-0.2, 0) is 4.79 Å². The average molecular weight is 266 g/mol. The fourth-order valence-corrected chi connectivity index (χ4v) is 1.72. The number of rotatable bonds is 4. The van der Waals surface area contributed by atoms with Crippen molar-refractivity contribution in [1.82, 2.24) is 10.3 Å². The summed E-state index contributed by atoms with van der Waals surface area (Å²) in [5.41, 5.74) is -0.697. The molecule has 0 aliphatic carbocycles. The number of nitrogens with zero attached hydrogens (tertiary/aromatic N) is 2. The van der Waals surface area contributed by atoms with Crippen LogP contribution in [0.1, 0.15) is 16.8 Å². The molecule has 19 heavy (non-hydrogen) atoms. The average Bonchev–Trinajstić information content (AvgIpc) is 2.74. The third kappa shape index (κ3) is 2.76. The van der Waals surface area contributed by atoms with Crippen LogP contribution in [0.4, 0.5) is 11.5 Å². The first kappa shape index (κ1) is 12.7. The summed E-state index contributed by atoms with van der Waals surface area (Å²) in [6.45, 7) is 0.346. The number of carbonyl (C=O) groups is 2. The molecular weight excluding hydrogens is 256 g/mol. The molecule has 0 bridgehead atoms. The number of hydrogen-bond donors (Lipinski definition) is 3. The fraction of sp³-hybridized carbons (Fsp3) is 0.300. The van der Waals surface area contributed by atoms with Crippen LogP contribution in [-0.4, -0.2) is 39.5 Å². The molecule has 9 heteroatoms. The van der Waals surface area contributed by atoms with Crippen LogP contribution in [0.25, 0.3) is 0 Å². The number of carbonyl (C=O) groups excluding carboxylic acids is 1. The van der Waals surface area contributed by atoms with Crippen molar-refractivity contribution in [3.63, 3.8) is 0 Å². The van der Waals surface area contributed by atoms with Crippen molar-refractivity contribution < 1.29 is 19.6 Å². The highest BCUT2D eigenvalue weighted by Gasteiger charge is 2.25. The zero-order valence-electron chi connectivity index (χ0n) is 9.62. The molecule has 1 saturated heterocycles. The van der Waals surface area contributed by atoms with E-state index in [1.807, 2.05) is 0 Å². The number of pyridine rings is 1. The van der Waals surface area contributed by atoms with Crippen LogP contribution in [0.15, 0.2) is 12.3 Å². The Hall–Kier alpha value is -2.71. The topological polar surface area (TPSA) is 134 Å². The van der Waals surface area contributed by atoms with E-state index in [4.69, 9.17) is 5.11 Å². The molecule has 1 atom stereocenters. The molecule has 1 aromatic rings. The largest absolute Gasteiger partial charge is 0.478 e. The van der Waals surface area contributed by atoms with Crippen molar-refractivity contribution in [3.05, 3.63) is 27.9 Å². The smallest absolute Gasteiger partial charge is 0.337 e. The Kier molecular flexibility index (Phi) is 3.27. The molecule has 0 spiro atoms. The van der Waals surface area contributed by atoms with Gasteiger partial charge in [-0.25, -0.2) is 9.78 Å². The van der Waals surface area contributed by atoms with Crippen LogP contribution < -0.4 is 10.6 Å². The van der Waals surface area contributed by atoms with E-state index in [2.05, 4.69) is 15.6 Å². The van der Waals surface area contributed by atoms with E-state index < -0.39 is 16.6 Å². The van der Waals surface area contributed by atoms with Gasteiger partial charge in [0.2, 0.25) is 11.7 Å². The normalized spacial score (nSPS) is 17.9. The number of aromatic nitrogens is 1. The standard InChI is InChI=1S/C10H10N4O5/c15-8-2-6(4-11-8)13-9-7(14(18)19)1-5(3-12-9)10(16)17/h1,3,6H,2,4H2,(H,11,15)(H,12,13)(H,16,17). The van der Waals surface area contributed by atoms with E-state index in [1.54, 1.807) is 0 Å². The monoisotopic (exact) mass is 266 g/mol. The molecule has 1 amide bonds. The van der Waals surface area contributed by atoms with Crippen molar-refractivity contribution in [3.8, 4) is 0 Å². The summed E-state index contributed by atoms with van der Waals surface area (Å²) in [5.74, 6) is -1.49. The molecule has 1 aliphatic heterocycles. The van der Waals surface area contributed by atoms with Crippen molar-refractivity contribution in [2.24, 2.45) is 0 Å². The van der Waals surface area contributed by atoms with Crippen molar-refractivity contribution >= 4 is 23.4 Å². The van der Waals surface area contributed by atoms with Gasteiger partial charge in [0.05, 0.1) is 16.5 Å². The first-order chi connectivity index (χ1) is 8.97. The number of anilines is 1. The van der Waals surface area contributed by atoms with Gasteiger partial charge in [-0.2, -0.15) is 0 Å². The van der Waals surface area contributed by atoms with Crippen LogP contribution >= 0.6 is 0 Å². The highest BCUT2D eigenvalue weighted by Crippen LogP contribution is 2.24. The maximum atomic E-state index is 11.0.